The van der Waals surface area contributed by atoms with E-state index in [0.717, 1.165) is 19.3 Å². The summed E-state index contributed by atoms with van der Waals surface area (Å²) in [6, 6.07) is 4.51. The average molecular weight is 492 g/mol. The van der Waals surface area contributed by atoms with Gasteiger partial charge < -0.3 is 25.0 Å². The topological polar surface area (TPSA) is 114 Å². The monoisotopic (exact) mass is 491 g/mol. The van der Waals surface area contributed by atoms with Gasteiger partial charge in [0.1, 0.15) is 18.1 Å². The summed E-state index contributed by atoms with van der Waals surface area (Å²) in [5.74, 6) is -1.39. The summed E-state index contributed by atoms with van der Waals surface area (Å²) < 4.78 is 10.6. The third-order valence-electron chi connectivity index (χ3n) is 6.65. The van der Waals surface area contributed by atoms with Crippen LogP contribution in [0.25, 0.3) is 0 Å². The minimum atomic E-state index is -0.827. The van der Waals surface area contributed by atoms with Crippen LogP contribution >= 0.6 is 11.6 Å². The van der Waals surface area contributed by atoms with E-state index >= 15 is 0 Å². The first-order chi connectivity index (χ1) is 16.4. The molecule has 4 rings (SSSR count). The van der Waals surface area contributed by atoms with Crippen molar-refractivity contribution < 1.29 is 28.7 Å². The Kier molecular flexibility index (Phi) is 7.73. The van der Waals surface area contributed by atoms with Gasteiger partial charge in [-0.25, -0.2) is 0 Å². The SMILES string of the molecule is CCOC1OC(=O)CC1NC(=O)[C@@H]1CC[C@@H]2CCCC[C@H](NC(=O)c3cccc(Cl)c3)C(=O)N21. The summed E-state index contributed by atoms with van der Waals surface area (Å²) >= 11 is 6.01. The highest BCUT2D eigenvalue weighted by Gasteiger charge is 2.45. The Morgan fingerprint density at radius 2 is 1.94 bits per heavy atom. The van der Waals surface area contributed by atoms with Crippen LogP contribution in [0.1, 0.15) is 62.2 Å². The van der Waals surface area contributed by atoms with Crippen molar-refractivity contribution in [3.63, 3.8) is 0 Å². The normalized spacial score (nSPS) is 29.1. The third-order valence-corrected chi connectivity index (χ3v) is 6.89. The fourth-order valence-corrected chi connectivity index (χ4v) is 5.23. The van der Waals surface area contributed by atoms with E-state index in [0.29, 0.717) is 36.5 Å². The van der Waals surface area contributed by atoms with Crippen molar-refractivity contribution in [1.82, 2.24) is 15.5 Å². The van der Waals surface area contributed by atoms with Crippen molar-refractivity contribution in [2.24, 2.45) is 0 Å². The number of cyclic esters (lactones) is 1. The summed E-state index contributed by atoms with van der Waals surface area (Å²) in [4.78, 5) is 53.0. The molecule has 3 amide bonds. The van der Waals surface area contributed by atoms with Crippen LogP contribution in [-0.2, 0) is 23.9 Å². The number of ether oxygens (including phenoxy) is 2. The number of carbonyl (C=O) groups excluding carboxylic acids is 4. The fraction of sp³-hybridized carbons (Fsp3) is 0.583. The Morgan fingerprint density at radius 3 is 2.71 bits per heavy atom. The number of nitrogens with one attached hydrogen (secondary N) is 2. The number of esters is 1. The van der Waals surface area contributed by atoms with Crippen LogP contribution in [0.3, 0.4) is 0 Å². The second-order valence-corrected chi connectivity index (χ2v) is 9.38. The van der Waals surface area contributed by atoms with Gasteiger partial charge in [-0.2, -0.15) is 0 Å². The minimum Gasteiger partial charge on any atom is -0.433 e. The molecule has 3 heterocycles. The van der Waals surface area contributed by atoms with Gasteiger partial charge in [0.05, 0.1) is 6.42 Å². The molecule has 0 saturated carbocycles. The quantitative estimate of drug-likeness (QED) is 0.589. The zero-order chi connectivity index (χ0) is 24.2. The van der Waals surface area contributed by atoms with Crippen molar-refractivity contribution in [3.8, 4) is 0 Å². The molecule has 10 heteroatoms. The van der Waals surface area contributed by atoms with Crippen molar-refractivity contribution in [2.45, 2.75) is 82.3 Å². The van der Waals surface area contributed by atoms with Crippen LogP contribution in [-0.4, -0.2) is 65.7 Å². The molecule has 0 radical (unpaired) electrons. The van der Waals surface area contributed by atoms with E-state index in [-0.39, 0.29) is 30.2 Å². The molecule has 3 saturated heterocycles. The van der Waals surface area contributed by atoms with Gasteiger partial charge in [0, 0.05) is 23.2 Å². The van der Waals surface area contributed by atoms with Crippen LogP contribution in [0.4, 0.5) is 0 Å². The lowest BCUT2D eigenvalue weighted by molar-refractivity contribution is -0.164. The summed E-state index contributed by atoms with van der Waals surface area (Å²) in [5.41, 5.74) is 0.377. The summed E-state index contributed by atoms with van der Waals surface area (Å²) in [7, 11) is 0. The second kappa shape index (κ2) is 10.7. The van der Waals surface area contributed by atoms with E-state index in [9.17, 15) is 19.2 Å². The molecule has 3 fully saturated rings. The van der Waals surface area contributed by atoms with Crippen LogP contribution in [0.15, 0.2) is 24.3 Å². The first kappa shape index (κ1) is 24.5. The van der Waals surface area contributed by atoms with Gasteiger partial charge in [0.2, 0.25) is 18.1 Å². The van der Waals surface area contributed by atoms with Crippen LogP contribution in [0.2, 0.25) is 5.02 Å². The number of amides is 3. The Hall–Kier alpha value is -2.65. The van der Waals surface area contributed by atoms with E-state index in [4.69, 9.17) is 21.1 Å². The van der Waals surface area contributed by atoms with E-state index in [2.05, 4.69) is 10.6 Å². The standard InChI is InChI=1S/C24H30ClN3O6/c1-2-33-24-18(13-20(29)34-24)27-22(31)19-11-10-16-8-3-4-9-17(23(32)28(16)19)26-21(30)14-6-5-7-15(25)12-14/h5-7,12,16-19,24H,2-4,8-11,13H2,1H3,(H,26,30)(H,27,31)/t16-,17-,18?,19-,24?/m0/s1. The van der Waals surface area contributed by atoms with Gasteiger partial charge in [-0.1, -0.05) is 30.5 Å². The van der Waals surface area contributed by atoms with E-state index in [1.807, 2.05) is 0 Å². The number of hydrogen-bond acceptors (Lipinski definition) is 6. The first-order valence-electron chi connectivity index (χ1n) is 11.9. The van der Waals surface area contributed by atoms with Gasteiger partial charge >= 0.3 is 5.97 Å². The fourth-order valence-electron chi connectivity index (χ4n) is 5.04. The number of nitrogens with zero attached hydrogens (tertiary/aromatic N) is 1. The highest BCUT2D eigenvalue weighted by Crippen LogP contribution is 2.32. The molecular formula is C24H30ClN3O6. The predicted octanol–water partition coefficient (Wildman–Crippen LogP) is 2.17. The van der Waals surface area contributed by atoms with E-state index < -0.39 is 30.4 Å². The molecule has 0 spiro atoms. The molecule has 2 N–H and O–H groups in total. The van der Waals surface area contributed by atoms with Crippen molar-refractivity contribution in [2.75, 3.05) is 6.61 Å². The molecule has 0 aliphatic carbocycles. The molecule has 184 valence electrons. The zero-order valence-corrected chi connectivity index (χ0v) is 19.9. The van der Waals surface area contributed by atoms with Gasteiger partial charge in [-0.3, -0.25) is 19.2 Å². The molecule has 0 bridgehead atoms. The maximum atomic E-state index is 13.6. The van der Waals surface area contributed by atoms with Crippen molar-refractivity contribution >= 4 is 35.3 Å². The van der Waals surface area contributed by atoms with Gasteiger partial charge in [-0.15, -0.1) is 0 Å². The number of hydrogen-bond donors (Lipinski definition) is 2. The Labute approximate surface area is 203 Å². The number of carbonyl (C=O) groups is 4. The Bertz CT molecular complexity index is 956. The van der Waals surface area contributed by atoms with E-state index in [1.54, 1.807) is 36.1 Å². The molecule has 3 aliphatic rings. The molecule has 34 heavy (non-hydrogen) atoms. The van der Waals surface area contributed by atoms with Crippen molar-refractivity contribution in [3.05, 3.63) is 34.9 Å². The Balaban J connectivity index is 1.47. The predicted molar refractivity (Wildman–Crippen MR) is 123 cm³/mol. The molecule has 9 nitrogen and oxygen atoms in total. The Morgan fingerprint density at radius 1 is 1.15 bits per heavy atom. The number of rotatable bonds is 6. The van der Waals surface area contributed by atoms with Gasteiger partial charge in [-0.05, 0) is 50.8 Å². The summed E-state index contributed by atoms with van der Waals surface area (Å²) in [5, 5.41) is 6.15. The average Bonchev–Trinajstić information content (AvgIpc) is 3.37. The molecule has 0 aromatic heterocycles. The third kappa shape index (κ3) is 5.36. The number of fused-ring (bicyclic) bond motifs is 1. The molecule has 1 aromatic rings. The zero-order valence-electron chi connectivity index (χ0n) is 19.1. The number of halogens is 1. The maximum Gasteiger partial charge on any atom is 0.310 e. The lowest BCUT2D eigenvalue weighted by Crippen LogP contribution is -2.57. The molecule has 2 unspecified atom stereocenters. The summed E-state index contributed by atoms with van der Waals surface area (Å²) in [6.07, 6.45) is 3.47. The lowest BCUT2D eigenvalue weighted by Gasteiger charge is -2.35. The van der Waals surface area contributed by atoms with Crippen LogP contribution < -0.4 is 10.6 Å². The smallest absolute Gasteiger partial charge is 0.310 e. The highest BCUT2D eigenvalue weighted by molar-refractivity contribution is 6.31. The first-order valence-corrected chi connectivity index (χ1v) is 12.2. The minimum absolute atomic E-state index is 0.0266. The summed E-state index contributed by atoms with van der Waals surface area (Å²) in [6.45, 7) is 2.12. The van der Waals surface area contributed by atoms with Gasteiger partial charge in [0.15, 0.2) is 0 Å². The number of benzene rings is 1. The second-order valence-electron chi connectivity index (χ2n) is 8.95. The lowest BCUT2D eigenvalue weighted by atomic mass is 9.98. The molecule has 3 aliphatic heterocycles. The molecule has 5 atom stereocenters. The maximum absolute atomic E-state index is 13.6. The van der Waals surface area contributed by atoms with Crippen LogP contribution in [0, 0.1) is 0 Å². The van der Waals surface area contributed by atoms with E-state index in [1.165, 1.54) is 0 Å². The highest BCUT2D eigenvalue weighted by atomic mass is 35.5. The largest absolute Gasteiger partial charge is 0.433 e. The molecular weight excluding hydrogens is 462 g/mol. The molecule has 1 aromatic carbocycles. The van der Waals surface area contributed by atoms with Gasteiger partial charge in [0.25, 0.3) is 5.91 Å². The van der Waals surface area contributed by atoms with Crippen LogP contribution in [0.5, 0.6) is 0 Å². The van der Waals surface area contributed by atoms with Crippen molar-refractivity contribution in [1.29, 1.82) is 0 Å².